The smallest absolute Gasteiger partial charge is 0.337 e. The second kappa shape index (κ2) is 14.3. The molecule has 0 atom stereocenters. The van der Waals surface area contributed by atoms with Crippen molar-refractivity contribution < 1.29 is 70.5 Å². The Morgan fingerprint density at radius 2 is 0.821 bits per heavy atom. The van der Waals surface area contributed by atoms with Gasteiger partial charge in [-0.05, 0) is 36.4 Å². The summed E-state index contributed by atoms with van der Waals surface area (Å²) in [6.45, 7) is 0. The molecule has 10 heteroatoms. The molecule has 3 aromatic heterocycles. The Morgan fingerprint density at radius 1 is 0.571 bits per heavy atom. The minimum absolute atomic E-state index is 0. The van der Waals surface area contributed by atoms with Gasteiger partial charge in [-0.1, -0.05) is 0 Å². The minimum atomic E-state index is -0.942. The van der Waals surface area contributed by atoms with Gasteiger partial charge in [0.1, 0.15) is 0 Å². The van der Waals surface area contributed by atoms with Crippen molar-refractivity contribution in [2.45, 2.75) is 0 Å². The van der Waals surface area contributed by atoms with Crippen LogP contribution >= 0.6 is 0 Å². The molecule has 0 saturated heterocycles. The van der Waals surface area contributed by atoms with Gasteiger partial charge in [0.2, 0.25) is 0 Å². The van der Waals surface area contributed by atoms with Crippen LogP contribution in [-0.4, -0.2) is 48.2 Å². The van der Waals surface area contributed by atoms with Crippen molar-refractivity contribution in [3.63, 3.8) is 0 Å². The summed E-state index contributed by atoms with van der Waals surface area (Å²) in [5, 5.41) is 25.0. The molecule has 28 heavy (non-hydrogen) atoms. The largest absolute Gasteiger partial charge is 0.478 e. The molecule has 3 rings (SSSR count). The molecule has 3 aromatic rings. The summed E-state index contributed by atoms with van der Waals surface area (Å²) in [6, 6.07) is 9.25. The molecule has 0 amide bonds. The predicted molar refractivity (Wildman–Crippen MR) is 93.6 cm³/mol. The molecule has 9 nitrogen and oxygen atoms in total. The van der Waals surface area contributed by atoms with E-state index >= 15 is 0 Å². The van der Waals surface area contributed by atoms with Crippen molar-refractivity contribution in [3.8, 4) is 0 Å². The molecule has 0 spiro atoms. The van der Waals surface area contributed by atoms with Crippen molar-refractivity contribution in [2.75, 3.05) is 0 Å². The van der Waals surface area contributed by atoms with E-state index in [0.717, 1.165) is 0 Å². The van der Waals surface area contributed by atoms with Crippen LogP contribution in [0.3, 0.4) is 0 Å². The van der Waals surface area contributed by atoms with Gasteiger partial charge in [-0.3, -0.25) is 15.0 Å². The SMILES string of the molecule is O=C(O)c1cccnc1.O=C(O)c1cccnc1.O=C(O)c1cccnc1.[Nd]. The van der Waals surface area contributed by atoms with Gasteiger partial charge in [-0.25, -0.2) is 14.4 Å². The van der Waals surface area contributed by atoms with Crippen molar-refractivity contribution >= 4 is 17.9 Å². The maximum absolute atomic E-state index is 10.2. The second-order valence-electron chi connectivity index (χ2n) is 4.64. The summed E-state index contributed by atoms with van der Waals surface area (Å²) in [6.07, 6.45) is 8.53. The van der Waals surface area contributed by atoms with E-state index in [2.05, 4.69) is 15.0 Å². The number of nitrogens with zero attached hydrogens (tertiary/aromatic N) is 3. The maximum atomic E-state index is 10.2. The average molecular weight is 514 g/mol. The van der Waals surface area contributed by atoms with Crippen molar-refractivity contribution in [1.82, 2.24) is 15.0 Å². The number of hydrogen-bond donors (Lipinski definition) is 3. The van der Waals surface area contributed by atoms with Crippen LogP contribution in [0, 0.1) is 40.8 Å². The van der Waals surface area contributed by atoms with Gasteiger partial charge in [0.05, 0.1) is 16.7 Å². The third-order valence-corrected chi connectivity index (χ3v) is 2.73. The first-order valence-corrected chi connectivity index (χ1v) is 7.31. The van der Waals surface area contributed by atoms with E-state index in [1.165, 1.54) is 55.4 Å². The molecule has 0 unspecified atom stereocenters. The Bertz CT molecular complexity index is 747. The van der Waals surface area contributed by atoms with Crippen LogP contribution in [0.4, 0.5) is 0 Å². The number of rotatable bonds is 3. The standard InChI is InChI=1S/3C6H5NO2.Nd/c3*8-6(9)5-2-1-3-7-4-5;/h3*1-4H,(H,8,9);. The number of carboxylic acids is 3. The van der Waals surface area contributed by atoms with Gasteiger partial charge in [0.15, 0.2) is 0 Å². The zero-order valence-electron chi connectivity index (χ0n) is 14.3. The molecule has 0 aliphatic carbocycles. The summed E-state index contributed by atoms with van der Waals surface area (Å²) in [5.41, 5.74) is 0.660. The molecule has 0 aliphatic heterocycles. The van der Waals surface area contributed by atoms with E-state index in [-0.39, 0.29) is 57.5 Å². The monoisotopic (exact) mass is 511 g/mol. The topological polar surface area (TPSA) is 151 Å². The van der Waals surface area contributed by atoms with Crippen LogP contribution in [0.1, 0.15) is 31.1 Å². The molecule has 0 saturated carbocycles. The van der Waals surface area contributed by atoms with Gasteiger partial charge >= 0.3 is 17.9 Å². The van der Waals surface area contributed by atoms with Crippen LogP contribution in [0.2, 0.25) is 0 Å². The third-order valence-electron chi connectivity index (χ3n) is 2.73. The Balaban J connectivity index is 0.000000384. The molecule has 3 heterocycles. The van der Waals surface area contributed by atoms with Crippen LogP contribution < -0.4 is 0 Å². The molecule has 0 aromatic carbocycles. The normalized spacial score (nSPS) is 8.57. The second-order valence-corrected chi connectivity index (χ2v) is 4.64. The van der Waals surface area contributed by atoms with Crippen LogP contribution in [0.25, 0.3) is 0 Å². The number of pyridine rings is 3. The van der Waals surface area contributed by atoms with Crippen molar-refractivity contribution in [1.29, 1.82) is 0 Å². The fourth-order valence-corrected chi connectivity index (χ4v) is 1.47. The van der Waals surface area contributed by atoms with E-state index in [1.807, 2.05) is 0 Å². The van der Waals surface area contributed by atoms with Crippen molar-refractivity contribution in [3.05, 3.63) is 90.3 Å². The Kier molecular flexibility index (Phi) is 12.9. The Morgan fingerprint density at radius 3 is 0.929 bits per heavy atom. The van der Waals surface area contributed by atoms with Crippen LogP contribution in [-0.2, 0) is 0 Å². The minimum Gasteiger partial charge on any atom is -0.478 e. The zero-order valence-corrected chi connectivity index (χ0v) is 17.5. The predicted octanol–water partition coefficient (Wildman–Crippen LogP) is 2.34. The van der Waals surface area contributed by atoms with Crippen molar-refractivity contribution in [2.24, 2.45) is 0 Å². The molecule has 0 radical (unpaired) electrons. The zero-order chi connectivity index (χ0) is 20.1. The first kappa shape index (κ1) is 25.2. The summed E-state index contributed by atoms with van der Waals surface area (Å²) < 4.78 is 0. The van der Waals surface area contributed by atoms with E-state index < -0.39 is 17.9 Å². The van der Waals surface area contributed by atoms with E-state index in [9.17, 15) is 14.4 Å². The molecule has 142 valence electrons. The van der Waals surface area contributed by atoms with Crippen LogP contribution in [0.15, 0.2) is 73.6 Å². The summed E-state index contributed by atoms with van der Waals surface area (Å²) >= 11 is 0. The van der Waals surface area contributed by atoms with Gasteiger partial charge in [0.25, 0.3) is 0 Å². The summed E-state index contributed by atoms with van der Waals surface area (Å²) in [4.78, 5) is 41.4. The van der Waals surface area contributed by atoms with Gasteiger partial charge < -0.3 is 15.3 Å². The van der Waals surface area contributed by atoms with E-state index in [4.69, 9.17) is 15.3 Å². The van der Waals surface area contributed by atoms with Gasteiger partial charge in [0, 0.05) is 78.0 Å². The first-order chi connectivity index (χ1) is 12.9. The summed E-state index contributed by atoms with van der Waals surface area (Å²) in [5.74, 6) is -2.82. The average Bonchev–Trinajstić information content (AvgIpc) is 2.71. The maximum Gasteiger partial charge on any atom is 0.337 e. The van der Waals surface area contributed by atoms with Crippen LogP contribution in [0.5, 0.6) is 0 Å². The molecule has 0 bridgehead atoms. The van der Waals surface area contributed by atoms with E-state index in [0.29, 0.717) is 0 Å². The molecular weight excluding hydrogens is 498 g/mol. The van der Waals surface area contributed by atoms with E-state index in [1.54, 1.807) is 18.2 Å². The number of carbonyl (C=O) groups is 3. The Hall–Kier alpha value is -2.79. The number of aromatic carboxylic acids is 3. The molecule has 3 N–H and O–H groups in total. The summed E-state index contributed by atoms with van der Waals surface area (Å²) in [7, 11) is 0. The molecule has 0 fully saturated rings. The number of carboxylic acid groups (broad SMARTS) is 3. The molecule has 0 aliphatic rings. The quantitative estimate of drug-likeness (QED) is 0.479. The number of hydrogen-bond acceptors (Lipinski definition) is 6. The molecular formula is C18H15N3NdO6. The Labute approximate surface area is 192 Å². The third kappa shape index (κ3) is 10.4. The fraction of sp³-hybridized carbons (Fsp3) is 0. The van der Waals surface area contributed by atoms with Gasteiger partial charge in [-0.15, -0.1) is 0 Å². The van der Waals surface area contributed by atoms with Gasteiger partial charge in [-0.2, -0.15) is 0 Å². The fourth-order valence-electron chi connectivity index (χ4n) is 1.47. The number of aromatic nitrogens is 3. The first-order valence-electron chi connectivity index (χ1n) is 7.31.